The lowest BCUT2D eigenvalue weighted by molar-refractivity contribution is -0.143. The fraction of sp³-hybridized carbons (Fsp3) is 0.286. The molecule has 0 saturated heterocycles. The number of rotatable bonds is 11. The van der Waals surface area contributed by atoms with Gasteiger partial charge in [-0.2, -0.15) is 0 Å². The summed E-state index contributed by atoms with van der Waals surface area (Å²) >= 11 is 15.7. The highest BCUT2D eigenvalue weighted by atomic mass is 79.9. The van der Waals surface area contributed by atoms with Crippen molar-refractivity contribution in [1.82, 2.24) is 10.2 Å². The molecule has 0 aliphatic heterocycles. The van der Waals surface area contributed by atoms with E-state index in [0.29, 0.717) is 26.7 Å². The molecule has 5 nitrogen and oxygen atoms in total. The van der Waals surface area contributed by atoms with Crippen LogP contribution in [-0.4, -0.2) is 35.4 Å². The summed E-state index contributed by atoms with van der Waals surface area (Å²) in [7, 11) is 0. The quantitative estimate of drug-likeness (QED) is 0.270. The zero-order valence-corrected chi connectivity index (χ0v) is 23.3. The van der Waals surface area contributed by atoms with Crippen LogP contribution < -0.4 is 10.1 Å². The molecule has 0 fully saturated rings. The van der Waals surface area contributed by atoms with Crippen molar-refractivity contribution in [2.75, 3.05) is 6.61 Å². The van der Waals surface area contributed by atoms with Gasteiger partial charge in [0.2, 0.25) is 5.91 Å². The number of amides is 2. The van der Waals surface area contributed by atoms with Crippen molar-refractivity contribution in [3.05, 3.63) is 98.4 Å². The number of hydrogen-bond donors (Lipinski definition) is 1. The van der Waals surface area contributed by atoms with E-state index in [4.69, 9.17) is 27.9 Å². The lowest BCUT2D eigenvalue weighted by atomic mass is 10.0. The average Bonchev–Trinajstić information content (AvgIpc) is 2.86. The molecule has 0 spiro atoms. The fourth-order valence-electron chi connectivity index (χ4n) is 3.64. The second-order valence-electron chi connectivity index (χ2n) is 8.54. The number of nitrogens with zero attached hydrogens (tertiary/aromatic N) is 1. The molecule has 0 aliphatic carbocycles. The van der Waals surface area contributed by atoms with Gasteiger partial charge in [-0.1, -0.05) is 72.6 Å². The number of hydrogen-bond acceptors (Lipinski definition) is 3. The van der Waals surface area contributed by atoms with Gasteiger partial charge in [0.05, 0.1) is 4.47 Å². The van der Waals surface area contributed by atoms with Crippen molar-refractivity contribution in [2.24, 2.45) is 0 Å². The van der Waals surface area contributed by atoms with Gasteiger partial charge in [0, 0.05) is 29.1 Å². The van der Waals surface area contributed by atoms with E-state index < -0.39 is 6.04 Å². The summed E-state index contributed by atoms with van der Waals surface area (Å²) in [6.07, 6.45) is 1.14. The first-order chi connectivity index (χ1) is 17.3. The lowest BCUT2D eigenvalue weighted by Gasteiger charge is -2.32. The maximum absolute atomic E-state index is 13.6. The van der Waals surface area contributed by atoms with Gasteiger partial charge < -0.3 is 15.0 Å². The number of halogens is 3. The minimum absolute atomic E-state index is 0.0276. The molecule has 36 heavy (non-hydrogen) atoms. The number of carbonyl (C=O) groups is 2. The molecule has 2 amide bonds. The summed E-state index contributed by atoms with van der Waals surface area (Å²) in [6, 6.07) is 21.2. The highest BCUT2D eigenvalue weighted by molar-refractivity contribution is 9.10. The van der Waals surface area contributed by atoms with Gasteiger partial charge in [0.1, 0.15) is 11.8 Å². The monoisotopic (exact) mass is 590 g/mol. The molecule has 0 aromatic heterocycles. The van der Waals surface area contributed by atoms with Gasteiger partial charge in [0.25, 0.3) is 5.91 Å². The minimum Gasteiger partial charge on any atom is -0.483 e. The summed E-state index contributed by atoms with van der Waals surface area (Å²) in [5.41, 5.74) is 1.77. The van der Waals surface area contributed by atoms with E-state index in [0.717, 1.165) is 17.5 Å². The molecule has 190 valence electrons. The van der Waals surface area contributed by atoms with E-state index in [1.165, 1.54) is 0 Å². The smallest absolute Gasteiger partial charge is 0.261 e. The molecular formula is C28H29BrCl2N2O3. The Kier molecular flexibility index (Phi) is 10.7. The summed E-state index contributed by atoms with van der Waals surface area (Å²) < 4.78 is 6.46. The predicted molar refractivity (Wildman–Crippen MR) is 148 cm³/mol. The summed E-state index contributed by atoms with van der Waals surface area (Å²) in [4.78, 5) is 28.7. The Balaban J connectivity index is 1.92. The molecule has 0 saturated carbocycles. The van der Waals surface area contributed by atoms with Crippen LogP contribution in [-0.2, 0) is 22.6 Å². The first kappa shape index (κ1) is 28.0. The molecule has 2 atom stereocenters. The molecule has 8 heteroatoms. The Morgan fingerprint density at radius 1 is 0.972 bits per heavy atom. The third-order valence-electron chi connectivity index (χ3n) is 5.76. The zero-order chi connectivity index (χ0) is 26.1. The molecule has 0 unspecified atom stereocenters. The van der Waals surface area contributed by atoms with Crippen LogP contribution in [0.4, 0.5) is 0 Å². The molecule has 3 rings (SSSR count). The Morgan fingerprint density at radius 2 is 1.67 bits per heavy atom. The Morgan fingerprint density at radius 3 is 2.33 bits per heavy atom. The summed E-state index contributed by atoms with van der Waals surface area (Å²) in [5, 5.41) is 4.16. The van der Waals surface area contributed by atoms with Crippen molar-refractivity contribution in [3.8, 4) is 5.75 Å². The fourth-order valence-corrected chi connectivity index (χ4v) is 4.65. The third kappa shape index (κ3) is 8.26. The topological polar surface area (TPSA) is 58.6 Å². The van der Waals surface area contributed by atoms with Crippen LogP contribution in [0.5, 0.6) is 5.75 Å². The van der Waals surface area contributed by atoms with Crippen molar-refractivity contribution >= 4 is 50.9 Å². The van der Waals surface area contributed by atoms with Crippen molar-refractivity contribution in [3.63, 3.8) is 0 Å². The van der Waals surface area contributed by atoms with E-state index in [1.807, 2.05) is 56.3 Å². The second-order valence-corrected chi connectivity index (χ2v) is 10.3. The third-order valence-corrected chi connectivity index (χ3v) is 6.85. The zero-order valence-electron chi connectivity index (χ0n) is 20.2. The largest absolute Gasteiger partial charge is 0.483 e. The first-order valence-corrected chi connectivity index (χ1v) is 13.3. The molecule has 0 heterocycles. The minimum atomic E-state index is -0.745. The van der Waals surface area contributed by atoms with Gasteiger partial charge >= 0.3 is 0 Å². The number of carbonyl (C=O) groups excluding carboxylic acids is 2. The van der Waals surface area contributed by atoms with Gasteiger partial charge in [0.15, 0.2) is 6.61 Å². The van der Waals surface area contributed by atoms with Gasteiger partial charge in [-0.15, -0.1) is 0 Å². The van der Waals surface area contributed by atoms with E-state index in [1.54, 1.807) is 35.2 Å². The SMILES string of the molecule is CC[C@H](C)NC(=O)[C@@H](Cc1ccccc1)N(Cc1cccc(Cl)c1)C(=O)COc1ccc(Cl)cc1Br. The van der Waals surface area contributed by atoms with Crippen LogP contribution in [0.15, 0.2) is 77.3 Å². The maximum atomic E-state index is 13.6. The Labute approximate surface area is 230 Å². The molecule has 3 aromatic rings. The van der Waals surface area contributed by atoms with Crippen LogP contribution in [0.3, 0.4) is 0 Å². The molecular weight excluding hydrogens is 563 g/mol. The first-order valence-electron chi connectivity index (χ1n) is 11.7. The summed E-state index contributed by atoms with van der Waals surface area (Å²) in [6.45, 7) is 3.91. The highest BCUT2D eigenvalue weighted by Crippen LogP contribution is 2.28. The van der Waals surface area contributed by atoms with E-state index in [9.17, 15) is 9.59 Å². The van der Waals surface area contributed by atoms with Crippen molar-refractivity contribution in [1.29, 1.82) is 0 Å². The normalized spacial score (nSPS) is 12.5. The number of nitrogens with one attached hydrogen (secondary N) is 1. The van der Waals surface area contributed by atoms with Crippen LogP contribution in [0.25, 0.3) is 0 Å². The maximum Gasteiger partial charge on any atom is 0.261 e. The van der Waals surface area contributed by atoms with Crippen molar-refractivity contribution in [2.45, 2.75) is 45.3 Å². The predicted octanol–water partition coefficient (Wildman–Crippen LogP) is 6.69. The van der Waals surface area contributed by atoms with Crippen LogP contribution >= 0.6 is 39.1 Å². The molecule has 0 radical (unpaired) electrons. The van der Waals surface area contributed by atoms with E-state index in [2.05, 4.69) is 21.2 Å². The second kappa shape index (κ2) is 13.7. The van der Waals surface area contributed by atoms with Crippen LogP contribution in [0.2, 0.25) is 10.0 Å². The number of ether oxygens (including phenoxy) is 1. The Hall–Kier alpha value is -2.54. The van der Waals surface area contributed by atoms with Crippen LogP contribution in [0.1, 0.15) is 31.4 Å². The molecule has 1 N–H and O–H groups in total. The van der Waals surface area contributed by atoms with Gasteiger partial charge in [-0.25, -0.2) is 0 Å². The molecule has 0 aliphatic rings. The highest BCUT2D eigenvalue weighted by Gasteiger charge is 2.31. The van der Waals surface area contributed by atoms with Crippen LogP contribution in [0, 0.1) is 0 Å². The van der Waals surface area contributed by atoms with Gasteiger partial charge in [-0.05, 0) is 70.7 Å². The van der Waals surface area contributed by atoms with Gasteiger partial charge in [-0.3, -0.25) is 9.59 Å². The lowest BCUT2D eigenvalue weighted by Crippen LogP contribution is -2.53. The molecule has 3 aromatic carbocycles. The summed E-state index contributed by atoms with van der Waals surface area (Å²) in [5.74, 6) is -0.0487. The van der Waals surface area contributed by atoms with E-state index >= 15 is 0 Å². The van der Waals surface area contributed by atoms with Crippen molar-refractivity contribution < 1.29 is 14.3 Å². The molecule has 0 bridgehead atoms. The average molecular weight is 592 g/mol. The Bertz CT molecular complexity index is 1180. The standard InChI is InChI=1S/C28H29BrCl2N2O3/c1-3-19(2)32-28(35)25(15-20-8-5-4-6-9-20)33(17-21-10-7-11-22(30)14-21)27(34)18-36-26-13-12-23(31)16-24(26)29/h4-14,16,19,25H,3,15,17-18H2,1-2H3,(H,32,35)/t19-,25+/m0/s1. The number of benzene rings is 3. The van der Waals surface area contributed by atoms with E-state index in [-0.39, 0.29) is 31.0 Å².